The number of nitrogens with one attached hydrogen (secondary N) is 2. The van der Waals surface area contributed by atoms with Crippen molar-refractivity contribution in [3.8, 4) is 0 Å². The van der Waals surface area contributed by atoms with E-state index in [-0.39, 0.29) is 11.8 Å². The Hall–Kier alpha value is -1.73. The molecule has 0 bridgehead atoms. The lowest BCUT2D eigenvalue weighted by molar-refractivity contribution is -0.136. The summed E-state index contributed by atoms with van der Waals surface area (Å²) < 4.78 is 5.40. The molecule has 28 heavy (non-hydrogen) atoms. The van der Waals surface area contributed by atoms with E-state index in [1.807, 2.05) is 47.0 Å². The Morgan fingerprint density at radius 1 is 1.29 bits per heavy atom. The fourth-order valence-electron chi connectivity index (χ4n) is 3.56. The first-order valence-electron chi connectivity index (χ1n) is 10.3. The smallest absolute Gasteiger partial charge is 0.232 e. The monoisotopic (exact) mass is 404 g/mol. The van der Waals surface area contributed by atoms with E-state index in [0.717, 1.165) is 24.6 Å². The molecule has 154 valence electrons. The zero-order valence-corrected chi connectivity index (χ0v) is 17.5. The van der Waals surface area contributed by atoms with Crippen LogP contribution in [0.5, 0.6) is 0 Å². The maximum absolute atomic E-state index is 13.2. The average molecular weight is 405 g/mol. The maximum Gasteiger partial charge on any atom is 0.232 e. The van der Waals surface area contributed by atoms with Gasteiger partial charge < -0.3 is 20.3 Å². The van der Waals surface area contributed by atoms with Gasteiger partial charge in [-0.2, -0.15) is 11.8 Å². The zero-order valence-electron chi connectivity index (χ0n) is 16.7. The molecule has 2 aliphatic heterocycles. The van der Waals surface area contributed by atoms with Gasteiger partial charge in [0, 0.05) is 31.4 Å². The number of hydrogen-bond donors (Lipinski definition) is 2. The van der Waals surface area contributed by atoms with Crippen LogP contribution in [0.1, 0.15) is 31.2 Å². The van der Waals surface area contributed by atoms with Crippen LogP contribution in [0.4, 0.5) is 0 Å². The summed E-state index contributed by atoms with van der Waals surface area (Å²) in [5.74, 6) is 1.92. The molecule has 2 aliphatic rings. The first-order chi connectivity index (χ1) is 13.8. The second-order valence-corrected chi connectivity index (χ2v) is 8.54. The summed E-state index contributed by atoms with van der Waals surface area (Å²) in [5, 5.41) is 7.43. The number of guanidine groups is 1. The lowest BCUT2D eigenvalue weighted by Crippen LogP contribution is -2.44. The molecule has 0 spiro atoms. The molecule has 2 heterocycles. The van der Waals surface area contributed by atoms with Gasteiger partial charge in [0.25, 0.3) is 0 Å². The van der Waals surface area contributed by atoms with Crippen molar-refractivity contribution >= 4 is 23.6 Å². The minimum Gasteiger partial charge on any atom is -0.378 e. The summed E-state index contributed by atoms with van der Waals surface area (Å²) in [6, 6.07) is 9.99. The third-order valence-electron chi connectivity index (χ3n) is 5.12. The molecule has 0 aromatic heterocycles. The van der Waals surface area contributed by atoms with Crippen molar-refractivity contribution in [1.29, 1.82) is 0 Å². The molecule has 6 nitrogen and oxygen atoms in total. The van der Waals surface area contributed by atoms with Crippen LogP contribution in [0, 0.1) is 0 Å². The molecule has 0 saturated carbocycles. The lowest BCUT2D eigenvalue weighted by atomic mass is 9.97. The number of carbonyl (C=O) groups is 1. The Morgan fingerprint density at radius 2 is 2.07 bits per heavy atom. The van der Waals surface area contributed by atoms with E-state index < -0.39 is 0 Å². The SMILES string of the molecule is CCNC(=NCC(C(=O)N1CCOCC1)c1ccccc1)NCC1CCCS1. The highest BCUT2D eigenvalue weighted by molar-refractivity contribution is 8.00. The molecule has 7 heteroatoms. The first kappa shape index (κ1) is 21.0. The van der Waals surface area contributed by atoms with Gasteiger partial charge >= 0.3 is 0 Å². The molecule has 1 aromatic carbocycles. The van der Waals surface area contributed by atoms with Crippen molar-refractivity contribution in [3.63, 3.8) is 0 Å². The largest absolute Gasteiger partial charge is 0.378 e. The van der Waals surface area contributed by atoms with Gasteiger partial charge in [0.05, 0.1) is 25.7 Å². The fourth-order valence-corrected chi connectivity index (χ4v) is 4.76. The number of aliphatic imine (C=N–C) groups is 1. The number of hydrogen-bond acceptors (Lipinski definition) is 4. The maximum atomic E-state index is 13.2. The van der Waals surface area contributed by atoms with E-state index >= 15 is 0 Å². The summed E-state index contributed by atoms with van der Waals surface area (Å²) in [6.07, 6.45) is 2.56. The summed E-state index contributed by atoms with van der Waals surface area (Å²) in [7, 11) is 0. The molecule has 0 aliphatic carbocycles. The highest BCUT2D eigenvalue weighted by atomic mass is 32.2. The number of nitrogens with zero attached hydrogens (tertiary/aromatic N) is 2. The van der Waals surface area contributed by atoms with Gasteiger partial charge in [-0.05, 0) is 31.1 Å². The first-order valence-corrected chi connectivity index (χ1v) is 11.4. The summed E-state index contributed by atoms with van der Waals surface area (Å²) in [6.45, 7) is 6.76. The standard InChI is InChI=1S/C21H32N4O2S/c1-2-22-21(23-15-18-9-6-14-28-18)24-16-19(17-7-4-3-5-8-17)20(26)25-10-12-27-13-11-25/h3-5,7-8,18-19H,2,6,9-16H2,1H3,(H2,22,23,24). The second-order valence-electron chi connectivity index (χ2n) is 7.14. The summed E-state index contributed by atoms with van der Waals surface area (Å²) in [4.78, 5) is 19.9. The van der Waals surface area contributed by atoms with Crippen LogP contribution in [0.15, 0.2) is 35.3 Å². The third-order valence-corrected chi connectivity index (χ3v) is 6.52. The summed E-state index contributed by atoms with van der Waals surface area (Å²) >= 11 is 2.03. The van der Waals surface area contributed by atoms with Crippen molar-refractivity contribution in [2.45, 2.75) is 30.9 Å². The number of thioether (sulfide) groups is 1. The topological polar surface area (TPSA) is 66.0 Å². The van der Waals surface area contributed by atoms with Gasteiger partial charge in [0.2, 0.25) is 5.91 Å². The van der Waals surface area contributed by atoms with E-state index in [1.54, 1.807) is 0 Å². The molecule has 2 unspecified atom stereocenters. The highest BCUT2D eigenvalue weighted by Gasteiger charge is 2.27. The Morgan fingerprint density at radius 3 is 2.75 bits per heavy atom. The van der Waals surface area contributed by atoms with E-state index in [4.69, 9.17) is 9.73 Å². The zero-order chi connectivity index (χ0) is 19.6. The minimum atomic E-state index is -0.268. The van der Waals surface area contributed by atoms with E-state index in [2.05, 4.69) is 17.6 Å². The van der Waals surface area contributed by atoms with Crippen LogP contribution in [0.25, 0.3) is 0 Å². The van der Waals surface area contributed by atoms with Crippen LogP contribution in [0.2, 0.25) is 0 Å². The van der Waals surface area contributed by atoms with Gasteiger partial charge in [0.1, 0.15) is 0 Å². The molecule has 2 saturated heterocycles. The third kappa shape index (κ3) is 6.14. The molecule has 2 fully saturated rings. The number of benzene rings is 1. The predicted molar refractivity (Wildman–Crippen MR) is 116 cm³/mol. The van der Waals surface area contributed by atoms with Crippen LogP contribution in [-0.2, 0) is 9.53 Å². The minimum absolute atomic E-state index is 0.139. The number of amides is 1. The number of ether oxygens (including phenoxy) is 1. The molecule has 3 rings (SSSR count). The van der Waals surface area contributed by atoms with Crippen LogP contribution < -0.4 is 10.6 Å². The van der Waals surface area contributed by atoms with Gasteiger partial charge in [-0.15, -0.1) is 0 Å². The van der Waals surface area contributed by atoms with E-state index in [9.17, 15) is 4.79 Å². The van der Waals surface area contributed by atoms with Crippen molar-refractivity contribution in [1.82, 2.24) is 15.5 Å². The molecular weight excluding hydrogens is 372 g/mol. The Kier molecular flexibility index (Phi) is 8.48. The number of morpholine rings is 1. The summed E-state index contributed by atoms with van der Waals surface area (Å²) in [5.41, 5.74) is 1.02. The second kappa shape index (κ2) is 11.3. The van der Waals surface area contributed by atoms with Crippen molar-refractivity contribution in [2.75, 3.05) is 51.7 Å². The molecular formula is C21H32N4O2S. The quantitative estimate of drug-likeness (QED) is 0.538. The molecule has 1 amide bonds. The number of carbonyl (C=O) groups excluding carboxylic acids is 1. The van der Waals surface area contributed by atoms with E-state index in [0.29, 0.717) is 38.1 Å². The van der Waals surface area contributed by atoms with Crippen molar-refractivity contribution < 1.29 is 9.53 Å². The van der Waals surface area contributed by atoms with Crippen LogP contribution in [0.3, 0.4) is 0 Å². The van der Waals surface area contributed by atoms with Gasteiger partial charge in [0.15, 0.2) is 5.96 Å². The van der Waals surface area contributed by atoms with Crippen LogP contribution >= 0.6 is 11.8 Å². The number of rotatable bonds is 7. The predicted octanol–water partition coefficient (Wildman–Crippen LogP) is 2.08. The molecule has 2 N–H and O–H groups in total. The Bertz CT molecular complexity index is 629. The molecule has 1 aromatic rings. The van der Waals surface area contributed by atoms with Gasteiger partial charge in [-0.1, -0.05) is 30.3 Å². The van der Waals surface area contributed by atoms with Crippen molar-refractivity contribution in [3.05, 3.63) is 35.9 Å². The van der Waals surface area contributed by atoms with Gasteiger partial charge in [-0.25, -0.2) is 0 Å². The lowest BCUT2D eigenvalue weighted by Gasteiger charge is -2.30. The Labute approximate surface area is 172 Å². The van der Waals surface area contributed by atoms with Crippen LogP contribution in [-0.4, -0.2) is 73.7 Å². The fraction of sp³-hybridized carbons (Fsp3) is 0.619. The van der Waals surface area contributed by atoms with Gasteiger partial charge in [-0.3, -0.25) is 9.79 Å². The highest BCUT2D eigenvalue weighted by Crippen LogP contribution is 2.25. The molecule has 2 atom stereocenters. The molecule has 0 radical (unpaired) electrons. The van der Waals surface area contributed by atoms with Crippen molar-refractivity contribution in [2.24, 2.45) is 4.99 Å². The average Bonchev–Trinajstić information content (AvgIpc) is 3.27. The van der Waals surface area contributed by atoms with E-state index in [1.165, 1.54) is 18.6 Å². The Balaban J connectivity index is 1.68. The normalized spacial score (nSPS) is 21.4.